The Morgan fingerprint density at radius 2 is 1.89 bits per heavy atom. The van der Waals surface area contributed by atoms with Gasteiger partial charge in [0.2, 0.25) is 0 Å². The molecule has 0 unspecified atom stereocenters. The van der Waals surface area contributed by atoms with Crippen LogP contribution in [-0.4, -0.2) is 13.4 Å². The summed E-state index contributed by atoms with van der Waals surface area (Å²) in [6.07, 6.45) is 4.70. The maximum atomic E-state index is 12.7. The summed E-state index contributed by atoms with van der Waals surface area (Å²) in [5.41, 5.74) is 3.51. The highest BCUT2D eigenvalue weighted by Crippen LogP contribution is 2.30. The average Bonchev–Trinajstić information content (AvgIpc) is 3.16. The number of sulfonamides is 1. The highest BCUT2D eigenvalue weighted by Gasteiger charge is 2.19. The lowest BCUT2D eigenvalue weighted by atomic mass is 10.1. The molecule has 0 atom stereocenters. The van der Waals surface area contributed by atoms with Gasteiger partial charge in [0, 0.05) is 6.20 Å². The predicted octanol–water partition coefficient (Wildman–Crippen LogP) is 4.60. The van der Waals surface area contributed by atoms with Gasteiger partial charge >= 0.3 is 0 Å². The monoisotopic (exact) mass is 414 g/mol. The lowest BCUT2D eigenvalue weighted by Gasteiger charge is -2.12. The second kappa shape index (κ2) is 7.81. The highest BCUT2D eigenvalue weighted by atomic mass is 35.5. The number of anilines is 1. The van der Waals surface area contributed by atoms with Crippen molar-refractivity contribution >= 4 is 27.3 Å². The molecular formula is C21H19ClN2O3S. The third-order valence-electron chi connectivity index (χ3n) is 4.67. The molecule has 5 nitrogen and oxygen atoms in total. The second-order valence-corrected chi connectivity index (χ2v) is 8.73. The van der Waals surface area contributed by atoms with E-state index in [1.54, 1.807) is 36.5 Å². The van der Waals surface area contributed by atoms with Crippen LogP contribution in [0.1, 0.15) is 23.2 Å². The quantitative estimate of drug-likeness (QED) is 0.639. The van der Waals surface area contributed by atoms with Crippen LogP contribution in [-0.2, 0) is 29.5 Å². The molecular weight excluding hydrogens is 396 g/mol. The fourth-order valence-corrected chi connectivity index (χ4v) is 4.58. The third-order valence-corrected chi connectivity index (χ3v) is 6.34. The van der Waals surface area contributed by atoms with E-state index in [2.05, 4.69) is 9.71 Å². The summed E-state index contributed by atoms with van der Waals surface area (Å²) in [5.74, 6) is 0.466. The largest absolute Gasteiger partial charge is 0.486 e. The minimum absolute atomic E-state index is 0.264. The van der Waals surface area contributed by atoms with Gasteiger partial charge in [-0.05, 0) is 72.9 Å². The molecule has 0 radical (unpaired) electrons. The van der Waals surface area contributed by atoms with Gasteiger partial charge in [-0.1, -0.05) is 23.7 Å². The summed E-state index contributed by atoms with van der Waals surface area (Å²) in [6.45, 7) is 0.279. The van der Waals surface area contributed by atoms with Gasteiger partial charge in [0.15, 0.2) is 0 Å². The van der Waals surface area contributed by atoms with E-state index < -0.39 is 10.0 Å². The molecule has 28 heavy (non-hydrogen) atoms. The average molecular weight is 415 g/mol. The zero-order valence-corrected chi connectivity index (χ0v) is 16.6. The van der Waals surface area contributed by atoms with Gasteiger partial charge in [0.1, 0.15) is 12.4 Å². The molecule has 0 saturated carbocycles. The number of hydrogen-bond acceptors (Lipinski definition) is 4. The van der Waals surface area contributed by atoms with Crippen molar-refractivity contribution in [2.75, 3.05) is 4.72 Å². The smallest absolute Gasteiger partial charge is 0.261 e. The minimum atomic E-state index is -3.68. The van der Waals surface area contributed by atoms with Crippen LogP contribution in [0, 0.1) is 0 Å². The van der Waals surface area contributed by atoms with Gasteiger partial charge in [-0.3, -0.25) is 9.71 Å². The molecule has 1 N–H and O–H groups in total. The fourth-order valence-electron chi connectivity index (χ4n) is 3.25. The summed E-state index contributed by atoms with van der Waals surface area (Å²) in [7, 11) is -3.68. The number of hydrogen-bond donors (Lipinski definition) is 1. The Morgan fingerprint density at radius 1 is 1.04 bits per heavy atom. The number of halogens is 1. The van der Waals surface area contributed by atoms with E-state index in [-0.39, 0.29) is 11.5 Å². The number of pyridine rings is 1. The van der Waals surface area contributed by atoms with Crippen LogP contribution in [0.25, 0.3) is 0 Å². The van der Waals surface area contributed by atoms with Gasteiger partial charge < -0.3 is 4.74 Å². The summed E-state index contributed by atoms with van der Waals surface area (Å²) in [4.78, 5) is 4.45. The minimum Gasteiger partial charge on any atom is -0.486 e. The van der Waals surface area contributed by atoms with Gasteiger partial charge in [0.25, 0.3) is 10.0 Å². The first kappa shape index (κ1) is 18.8. The number of rotatable bonds is 6. The van der Waals surface area contributed by atoms with Gasteiger partial charge in [-0.25, -0.2) is 8.42 Å². The van der Waals surface area contributed by atoms with Crippen LogP contribution < -0.4 is 9.46 Å². The van der Waals surface area contributed by atoms with Crippen molar-refractivity contribution in [3.8, 4) is 5.75 Å². The number of fused-ring (bicyclic) bond motifs is 1. The van der Waals surface area contributed by atoms with Crippen LogP contribution in [0.4, 0.5) is 5.69 Å². The Kier molecular flexibility index (Phi) is 5.24. The van der Waals surface area contributed by atoms with Gasteiger partial charge in [-0.2, -0.15) is 0 Å². The maximum absolute atomic E-state index is 12.7. The first-order valence-corrected chi connectivity index (χ1v) is 10.8. The number of aromatic nitrogens is 1. The van der Waals surface area contributed by atoms with Crippen LogP contribution in [0.3, 0.4) is 0 Å². The van der Waals surface area contributed by atoms with Crippen molar-refractivity contribution in [1.29, 1.82) is 0 Å². The molecule has 0 spiro atoms. The molecule has 1 aromatic heterocycles. The predicted molar refractivity (Wildman–Crippen MR) is 109 cm³/mol. The Morgan fingerprint density at radius 3 is 2.68 bits per heavy atom. The summed E-state index contributed by atoms with van der Waals surface area (Å²) in [6, 6.07) is 15.7. The second-order valence-electron chi connectivity index (χ2n) is 6.64. The Hall–Kier alpha value is -2.57. The van der Waals surface area contributed by atoms with E-state index in [0.717, 1.165) is 30.5 Å². The number of ether oxygens (including phenoxy) is 1. The molecule has 0 amide bonds. The lowest BCUT2D eigenvalue weighted by molar-refractivity contribution is 0.301. The van der Waals surface area contributed by atoms with Crippen LogP contribution >= 0.6 is 11.6 Å². The third kappa shape index (κ3) is 4.13. The van der Waals surface area contributed by atoms with Crippen molar-refractivity contribution in [2.24, 2.45) is 0 Å². The fraction of sp³-hybridized carbons (Fsp3) is 0.190. The molecule has 4 rings (SSSR count). The first-order chi connectivity index (χ1) is 13.5. The SMILES string of the molecule is O=S(=O)(Nc1ccc(OCc2ccccn2)c(Cl)c1)c1ccc2c(c1)CCC2. The van der Waals surface area contributed by atoms with Crippen LogP contribution in [0.2, 0.25) is 5.02 Å². The summed E-state index contributed by atoms with van der Waals surface area (Å²) >= 11 is 6.27. The zero-order valence-electron chi connectivity index (χ0n) is 15.1. The molecule has 0 bridgehead atoms. The molecule has 7 heteroatoms. The van der Waals surface area contributed by atoms with E-state index >= 15 is 0 Å². The van der Waals surface area contributed by atoms with Crippen LogP contribution in [0.15, 0.2) is 65.7 Å². The Balaban J connectivity index is 1.48. The number of nitrogens with one attached hydrogen (secondary N) is 1. The van der Waals surface area contributed by atoms with Crippen molar-refractivity contribution in [3.05, 3.63) is 82.6 Å². The maximum Gasteiger partial charge on any atom is 0.261 e. The Bertz CT molecular complexity index is 1100. The van der Waals surface area contributed by atoms with E-state index in [1.165, 1.54) is 5.56 Å². The summed E-state index contributed by atoms with van der Waals surface area (Å²) < 4.78 is 33.7. The topological polar surface area (TPSA) is 68.3 Å². The molecule has 0 saturated heterocycles. The van der Waals surface area contributed by atoms with Gasteiger partial charge in [-0.15, -0.1) is 0 Å². The first-order valence-electron chi connectivity index (χ1n) is 8.98. The molecule has 144 valence electrons. The molecule has 0 aliphatic heterocycles. The Labute approximate surface area is 169 Å². The lowest BCUT2D eigenvalue weighted by Crippen LogP contribution is -2.13. The van der Waals surface area contributed by atoms with Crippen LogP contribution in [0.5, 0.6) is 5.75 Å². The molecule has 1 heterocycles. The van der Waals surface area contributed by atoms with E-state index in [0.29, 0.717) is 16.5 Å². The normalized spacial score (nSPS) is 13.2. The standard InChI is InChI=1S/C21H19ClN2O3S/c22-20-13-17(8-10-21(20)27-14-18-6-1-2-11-23-18)24-28(25,26)19-9-7-15-4-3-5-16(15)12-19/h1-2,6-13,24H,3-5,14H2. The van der Waals surface area contributed by atoms with E-state index in [4.69, 9.17) is 16.3 Å². The molecule has 0 fully saturated rings. The highest BCUT2D eigenvalue weighted by molar-refractivity contribution is 7.92. The van der Waals surface area contributed by atoms with E-state index in [9.17, 15) is 8.42 Å². The molecule has 1 aliphatic carbocycles. The van der Waals surface area contributed by atoms with Crippen molar-refractivity contribution in [3.63, 3.8) is 0 Å². The molecule has 1 aliphatic rings. The number of benzene rings is 2. The van der Waals surface area contributed by atoms with E-state index in [1.807, 2.05) is 24.3 Å². The van der Waals surface area contributed by atoms with Crippen molar-refractivity contribution in [2.45, 2.75) is 30.8 Å². The van der Waals surface area contributed by atoms with Crippen molar-refractivity contribution < 1.29 is 13.2 Å². The number of aryl methyl sites for hydroxylation is 2. The summed E-state index contributed by atoms with van der Waals surface area (Å²) in [5, 5.41) is 0.324. The molecule has 2 aromatic carbocycles. The number of nitrogens with zero attached hydrogens (tertiary/aromatic N) is 1. The van der Waals surface area contributed by atoms with Crippen molar-refractivity contribution in [1.82, 2.24) is 4.98 Å². The van der Waals surface area contributed by atoms with Gasteiger partial charge in [0.05, 0.1) is 21.3 Å². The zero-order chi connectivity index (χ0) is 19.6. The molecule has 3 aromatic rings.